The van der Waals surface area contributed by atoms with E-state index in [1.165, 1.54) is 19.2 Å². The number of phenols is 1. The zero-order chi connectivity index (χ0) is 15.9. The van der Waals surface area contributed by atoms with Gasteiger partial charge in [0.15, 0.2) is 0 Å². The molecule has 3 rings (SSSR count). The maximum absolute atomic E-state index is 12.3. The maximum atomic E-state index is 12.3. The molecule has 0 aliphatic rings. The minimum absolute atomic E-state index is 0.132. The molecule has 0 unspecified atom stereocenters. The number of carbonyl (C=O) groups is 1. The number of aryl methyl sites for hydroxylation is 1. The average Bonchev–Trinajstić information content (AvgIpc) is 2.84. The first-order valence-corrected chi connectivity index (χ1v) is 7.24. The maximum Gasteiger partial charge on any atom is 0.348 e. The molecule has 0 saturated heterocycles. The summed E-state index contributed by atoms with van der Waals surface area (Å²) in [5.74, 6) is 0.0355. The highest BCUT2D eigenvalue weighted by atomic mass is 32.1. The van der Waals surface area contributed by atoms with Crippen LogP contribution < -0.4 is 5.56 Å². The van der Waals surface area contributed by atoms with Gasteiger partial charge < -0.3 is 14.8 Å². The summed E-state index contributed by atoms with van der Waals surface area (Å²) >= 11 is 1.13. The second kappa shape index (κ2) is 5.27. The Labute approximate surface area is 129 Å². The first kappa shape index (κ1) is 14.3. The van der Waals surface area contributed by atoms with E-state index >= 15 is 0 Å². The SMILES string of the molecule is COC(=O)c1sc2nc(-c3ccc(O)cc3)[nH]c(=O)c2c1C. The van der Waals surface area contributed by atoms with E-state index in [0.717, 1.165) is 11.3 Å². The van der Waals surface area contributed by atoms with Crippen LogP contribution in [0.2, 0.25) is 0 Å². The average molecular weight is 316 g/mol. The van der Waals surface area contributed by atoms with Crippen LogP contribution in [-0.4, -0.2) is 28.2 Å². The highest BCUT2D eigenvalue weighted by Crippen LogP contribution is 2.29. The second-order valence-corrected chi connectivity index (χ2v) is 5.69. The van der Waals surface area contributed by atoms with Gasteiger partial charge in [0.1, 0.15) is 21.3 Å². The molecule has 0 amide bonds. The van der Waals surface area contributed by atoms with Gasteiger partial charge in [0, 0.05) is 5.56 Å². The molecule has 7 heteroatoms. The molecule has 2 heterocycles. The van der Waals surface area contributed by atoms with Crippen LogP contribution in [0, 0.1) is 6.92 Å². The predicted octanol–water partition coefficient (Wildman–Crippen LogP) is 2.45. The minimum atomic E-state index is -0.480. The van der Waals surface area contributed by atoms with Crippen molar-refractivity contribution in [3.05, 3.63) is 45.1 Å². The summed E-state index contributed by atoms with van der Waals surface area (Å²) < 4.78 is 4.72. The number of benzene rings is 1. The molecule has 0 aliphatic carbocycles. The number of phenolic OH excluding ortho intramolecular Hbond substituents is 1. The molecule has 1 aromatic carbocycles. The Bertz CT molecular complexity index is 925. The zero-order valence-electron chi connectivity index (χ0n) is 11.8. The third kappa shape index (κ3) is 2.25. The lowest BCUT2D eigenvalue weighted by Gasteiger charge is -2.01. The number of carbonyl (C=O) groups excluding carboxylic acids is 1. The van der Waals surface area contributed by atoms with Gasteiger partial charge in [-0.25, -0.2) is 9.78 Å². The largest absolute Gasteiger partial charge is 0.508 e. The van der Waals surface area contributed by atoms with E-state index in [4.69, 9.17) is 4.74 Å². The number of aromatic nitrogens is 2. The topological polar surface area (TPSA) is 92.3 Å². The van der Waals surface area contributed by atoms with E-state index in [1.807, 2.05) is 0 Å². The van der Waals surface area contributed by atoms with Gasteiger partial charge in [-0.3, -0.25) is 4.79 Å². The number of hydrogen-bond acceptors (Lipinski definition) is 6. The number of thiophene rings is 1. The van der Waals surface area contributed by atoms with E-state index in [2.05, 4.69) is 9.97 Å². The van der Waals surface area contributed by atoms with Gasteiger partial charge in [-0.2, -0.15) is 0 Å². The van der Waals surface area contributed by atoms with Crippen molar-refractivity contribution in [3.63, 3.8) is 0 Å². The van der Waals surface area contributed by atoms with Crippen molar-refractivity contribution in [1.82, 2.24) is 9.97 Å². The number of methoxy groups -OCH3 is 1. The molecule has 22 heavy (non-hydrogen) atoms. The Hall–Kier alpha value is -2.67. The van der Waals surface area contributed by atoms with Gasteiger partial charge in [-0.15, -0.1) is 11.3 Å². The fourth-order valence-electron chi connectivity index (χ4n) is 2.19. The van der Waals surface area contributed by atoms with Crippen molar-refractivity contribution in [2.45, 2.75) is 6.92 Å². The highest BCUT2D eigenvalue weighted by molar-refractivity contribution is 7.20. The first-order chi connectivity index (χ1) is 10.5. The van der Waals surface area contributed by atoms with E-state index < -0.39 is 5.97 Å². The van der Waals surface area contributed by atoms with Gasteiger partial charge >= 0.3 is 5.97 Å². The van der Waals surface area contributed by atoms with Crippen molar-refractivity contribution >= 4 is 27.5 Å². The second-order valence-electron chi connectivity index (χ2n) is 4.69. The smallest absolute Gasteiger partial charge is 0.348 e. The molecular formula is C15H12N2O4S. The Morgan fingerprint density at radius 1 is 1.32 bits per heavy atom. The number of nitrogens with one attached hydrogen (secondary N) is 1. The summed E-state index contributed by atoms with van der Waals surface area (Å²) in [4.78, 5) is 32.0. The standard InChI is InChI=1S/C15H12N2O4S/c1-7-10-13(19)16-12(8-3-5-9(18)6-4-8)17-14(10)22-11(7)15(20)21-2/h3-6,18H,1-2H3,(H,16,17,19). The molecule has 0 fully saturated rings. The zero-order valence-corrected chi connectivity index (χ0v) is 12.7. The molecule has 0 bridgehead atoms. The normalized spacial score (nSPS) is 10.8. The van der Waals surface area contributed by atoms with Crippen LogP contribution in [0.3, 0.4) is 0 Å². The van der Waals surface area contributed by atoms with Crippen molar-refractivity contribution in [1.29, 1.82) is 0 Å². The number of fused-ring (bicyclic) bond motifs is 1. The molecule has 112 valence electrons. The van der Waals surface area contributed by atoms with Crippen molar-refractivity contribution in [2.75, 3.05) is 7.11 Å². The van der Waals surface area contributed by atoms with Crippen LogP contribution in [0.4, 0.5) is 0 Å². The third-order valence-corrected chi connectivity index (χ3v) is 4.48. The number of aromatic amines is 1. The minimum Gasteiger partial charge on any atom is -0.508 e. The van der Waals surface area contributed by atoms with Gasteiger partial charge in [-0.05, 0) is 36.8 Å². The molecule has 6 nitrogen and oxygen atoms in total. The molecular weight excluding hydrogens is 304 g/mol. The lowest BCUT2D eigenvalue weighted by molar-refractivity contribution is 0.0605. The molecule has 0 atom stereocenters. The molecule has 0 saturated carbocycles. The van der Waals surface area contributed by atoms with Crippen LogP contribution in [-0.2, 0) is 4.74 Å². The Balaban J connectivity index is 2.22. The number of nitrogens with zero attached hydrogens (tertiary/aromatic N) is 1. The molecule has 2 aromatic heterocycles. The third-order valence-electron chi connectivity index (χ3n) is 3.31. The summed E-state index contributed by atoms with van der Waals surface area (Å²) in [5.41, 5.74) is 0.928. The van der Waals surface area contributed by atoms with Crippen molar-refractivity contribution < 1.29 is 14.6 Å². The van der Waals surface area contributed by atoms with E-state index in [1.54, 1.807) is 19.1 Å². The Kier molecular flexibility index (Phi) is 3.42. The van der Waals surface area contributed by atoms with Crippen LogP contribution in [0.5, 0.6) is 5.75 Å². The predicted molar refractivity (Wildman–Crippen MR) is 83.4 cm³/mol. The quantitative estimate of drug-likeness (QED) is 0.708. The lowest BCUT2D eigenvalue weighted by Crippen LogP contribution is -2.09. The van der Waals surface area contributed by atoms with Crippen LogP contribution in [0.1, 0.15) is 15.2 Å². The fourth-order valence-corrected chi connectivity index (χ4v) is 3.29. The van der Waals surface area contributed by atoms with Gasteiger partial charge in [0.25, 0.3) is 5.56 Å². The summed E-state index contributed by atoms with van der Waals surface area (Å²) in [5, 5.41) is 9.71. The van der Waals surface area contributed by atoms with E-state index in [0.29, 0.717) is 32.0 Å². The summed E-state index contributed by atoms with van der Waals surface area (Å²) in [7, 11) is 1.30. The Morgan fingerprint density at radius 3 is 2.64 bits per heavy atom. The number of rotatable bonds is 2. The summed E-state index contributed by atoms with van der Waals surface area (Å²) in [6.07, 6.45) is 0. The molecule has 2 N–H and O–H groups in total. The molecule has 0 aliphatic heterocycles. The number of hydrogen-bond donors (Lipinski definition) is 2. The molecule has 3 aromatic rings. The van der Waals surface area contributed by atoms with Crippen molar-refractivity contribution in [3.8, 4) is 17.1 Å². The van der Waals surface area contributed by atoms with Crippen LogP contribution in [0.25, 0.3) is 21.6 Å². The fraction of sp³-hybridized carbons (Fsp3) is 0.133. The Morgan fingerprint density at radius 2 is 2.00 bits per heavy atom. The highest BCUT2D eigenvalue weighted by Gasteiger charge is 2.19. The van der Waals surface area contributed by atoms with Gasteiger partial charge in [0.2, 0.25) is 0 Å². The molecule has 0 radical (unpaired) electrons. The van der Waals surface area contributed by atoms with Crippen LogP contribution >= 0.6 is 11.3 Å². The van der Waals surface area contributed by atoms with Crippen LogP contribution in [0.15, 0.2) is 29.1 Å². The molecule has 0 spiro atoms. The number of H-pyrrole nitrogens is 1. The van der Waals surface area contributed by atoms with E-state index in [-0.39, 0.29) is 11.3 Å². The first-order valence-electron chi connectivity index (χ1n) is 6.42. The monoisotopic (exact) mass is 316 g/mol. The summed E-state index contributed by atoms with van der Waals surface area (Å²) in [6, 6.07) is 6.33. The van der Waals surface area contributed by atoms with E-state index in [9.17, 15) is 14.7 Å². The number of ether oxygens (including phenoxy) is 1. The number of aromatic hydroxyl groups is 1. The van der Waals surface area contributed by atoms with Gasteiger partial charge in [0.05, 0.1) is 12.5 Å². The van der Waals surface area contributed by atoms with Gasteiger partial charge in [-0.1, -0.05) is 0 Å². The summed E-state index contributed by atoms with van der Waals surface area (Å²) in [6.45, 7) is 1.70. The number of esters is 1. The lowest BCUT2D eigenvalue weighted by atomic mass is 10.2. The van der Waals surface area contributed by atoms with Crippen molar-refractivity contribution in [2.24, 2.45) is 0 Å².